The van der Waals surface area contributed by atoms with Gasteiger partial charge in [0.25, 0.3) is 0 Å². The van der Waals surface area contributed by atoms with Crippen molar-refractivity contribution in [2.24, 2.45) is 0 Å². The van der Waals surface area contributed by atoms with Crippen molar-refractivity contribution >= 4 is 33.3 Å². The molecule has 2 heterocycles. The van der Waals surface area contributed by atoms with Crippen LogP contribution in [0.15, 0.2) is 33.5 Å². The average Bonchev–Trinajstić information content (AvgIpc) is 2.89. The molecule has 6 heteroatoms. The highest BCUT2D eigenvalue weighted by molar-refractivity contribution is 6.37. The van der Waals surface area contributed by atoms with E-state index >= 15 is 0 Å². The Bertz CT molecular complexity index is 928. The number of phenols is 1. The number of hydrogen-bond acceptors (Lipinski definition) is 5. The molecule has 0 aliphatic carbocycles. The summed E-state index contributed by atoms with van der Waals surface area (Å²) in [5, 5.41) is 11.3. The summed E-state index contributed by atoms with van der Waals surface area (Å²) < 4.78 is 15.8. The van der Waals surface area contributed by atoms with Gasteiger partial charge in [-0.15, -0.1) is 0 Å². The molecule has 0 fully saturated rings. The third-order valence-corrected chi connectivity index (χ3v) is 3.66. The molecule has 20 heavy (non-hydrogen) atoms. The van der Waals surface area contributed by atoms with E-state index in [1.165, 1.54) is 6.07 Å². The van der Waals surface area contributed by atoms with E-state index in [4.69, 9.17) is 25.5 Å². The number of rotatable bonds is 0. The molecular weight excluding hydrogens is 284 g/mol. The number of benzene rings is 2. The lowest BCUT2D eigenvalue weighted by molar-refractivity contribution is 0.174. The lowest BCUT2D eigenvalue weighted by Gasteiger charge is -2.06. The first-order chi connectivity index (χ1) is 9.65. The molecule has 0 bridgehead atoms. The minimum atomic E-state index is -0.543. The van der Waals surface area contributed by atoms with Crippen molar-refractivity contribution in [2.75, 3.05) is 6.79 Å². The summed E-state index contributed by atoms with van der Waals surface area (Å²) in [6, 6.07) is 6.40. The largest absolute Gasteiger partial charge is 0.506 e. The van der Waals surface area contributed by atoms with Crippen LogP contribution >= 0.6 is 11.6 Å². The van der Waals surface area contributed by atoms with E-state index in [2.05, 4.69) is 0 Å². The molecule has 0 radical (unpaired) electrons. The first-order valence-corrected chi connectivity index (χ1v) is 6.20. The van der Waals surface area contributed by atoms with E-state index in [1.54, 1.807) is 18.2 Å². The van der Waals surface area contributed by atoms with Crippen LogP contribution in [-0.2, 0) is 0 Å². The van der Waals surface area contributed by atoms with Crippen molar-refractivity contribution < 1.29 is 19.0 Å². The molecule has 0 amide bonds. The Labute approximate surface area is 116 Å². The third-order valence-electron chi connectivity index (χ3n) is 3.29. The topological polar surface area (TPSA) is 68.9 Å². The molecule has 0 saturated carbocycles. The van der Waals surface area contributed by atoms with E-state index < -0.39 is 5.63 Å². The average molecular weight is 291 g/mol. The summed E-state index contributed by atoms with van der Waals surface area (Å²) in [5.74, 6) is 0.935. The molecule has 5 nitrogen and oxygen atoms in total. The third kappa shape index (κ3) is 1.41. The second-order valence-electron chi connectivity index (χ2n) is 4.42. The molecular formula is C14H7ClO5. The molecule has 1 aliphatic heterocycles. The monoisotopic (exact) mass is 290 g/mol. The zero-order valence-electron chi connectivity index (χ0n) is 9.97. The molecule has 3 aromatic rings. The highest BCUT2D eigenvalue weighted by atomic mass is 35.5. The first-order valence-electron chi connectivity index (χ1n) is 5.83. The molecule has 1 aliphatic rings. The fourth-order valence-corrected chi connectivity index (χ4v) is 2.54. The van der Waals surface area contributed by atoms with Gasteiger partial charge in [-0.3, -0.25) is 0 Å². The standard InChI is InChI=1S/C14H7ClO5/c15-12-9(16)2-1-6-7-3-10-11(19-5-18-10)4-8(7)14(17)20-13(6)12/h1-4,16H,5H2. The number of hydrogen-bond donors (Lipinski definition) is 1. The van der Waals surface area contributed by atoms with E-state index in [0.717, 1.165) is 0 Å². The molecule has 2 aromatic carbocycles. The van der Waals surface area contributed by atoms with Gasteiger partial charge in [-0.2, -0.15) is 0 Å². The Morgan fingerprint density at radius 2 is 1.75 bits per heavy atom. The second-order valence-corrected chi connectivity index (χ2v) is 4.79. The van der Waals surface area contributed by atoms with Gasteiger partial charge in [0, 0.05) is 10.8 Å². The van der Waals surface area contributed by atoms with Crippen LogP contribution in [0.1, 0.15) is 0 Å². The maximum atomic E-state index is 12.1. The molecule has 0 atom stereocenters. The van der Waals surface area contributed by atoms with Crippen molar-refractivity contribution in [1.82, 2.24) is 0 Å². The number of phenolic OH excluding ortho intramolecular Hbond substituents is 1. The van der Waals surface area contributed by atoms with Crippen LogP contribution in [0.3, 0.4) is 0 Å². The maximum Gasteiger partial charge on any atom is 0.344 e. The Morgan fingerprint density at radius 1 is 1.05 bits per heavy atom. The van der Waals surface area contributed by atoms with Crippen molar-refractivity contribution in [3.63, 3.8) is 0 Å². The summed E-state index contributed by atoms with van der Waals surface area (Å²) in [5.41, 5.74) is -0.388. The van der Waals surface area contributed by atoms with E-state index in [-0.39, 0.29) is 23.1 Å². The van der Waals surface area contributed by atoms with Crippen molar-refractivity contribution in [3.8, 4) is 17.2 Å². The number of halogens is 1. The Balaban J connectivity index is 2.25. The second kappa shape index (κ2) is 3.80. The quantitative estimate of drug-likeness (QED) is 0.509. The van der Waals surface area contributed by atoms with Crippen molar-refractivity contribution in [1.29, 1.82) is 0 Å². The van der Waals surface area contributed by atoms with Gasteiger partial charge in [0.05, 0.1) is 5.39 Å². The highest BCUT2D eigenvalue weighted by Crippen LogP contribution is 2.39. The lowest BCUT2D eigenvalue weighted by Crippen LogP contribution is -2.00. The van der Waals surface area contributed by atoms with Gasteiger partial charge in [0.1, 0.15) is 10.8 Å². The summed E-state index contributed by atoms with van der Waals surface area (Å²) in [6.45, 7) is 0.121. The predicted molar refractivity (Wildman–Crippen MR) is 72.8 cm³/mol. The number of aromatic hydroxyl groups is 1. The summed E-state index contributed by atoms with van der Waals surface area (Å²) in [4.78, 5) is 12.1. The van der Waals surface area contributed by atoms with Gasteiger partial charge < -0.3 is 19.0 Å². The Hall–Kier alpha value is -2.40. The number of ether oxygens (including phenoxy) is 2. The number of fused-ring (bicyclic) bond motifs is 4. The van der Waals surface area contributed by atoms with Gasteiger partial charge in [-0.05, 0) is 24.3 Å². The van der Waals surface area contributed by atoms with Crippen molar-refractivity contribution in [2.45, 2.75) is 0 Å². The summed E-state index contributed by atoms with van der Waals surface area (Å²) >= 11 is 5.98. The molecule has 100 valence electrons. The minimum absolute atomic E-state index is 0.0131. The minimum Gasteiger partial charge on any atom is -0.506 e. The van der Waals surface area contributed by atoms with Crippen LogP contribution in [0.5, 0.6) is 17.2 Å². The zero-order valence-corrected chi connectivity index (χ0v) is 10.7. The maximum absolute atomic E-state index is 12.1. The normalized spacial score (nSPS) is 13.2. The first kappa shape index (κ1) is 11.4. The van der Waals surface area contributed by atoms with E-state index in [1.807, 2.05) is 0 Å². The van der Waals surface area contributed by atoms with E-state index in [0.29, 0.717) is 27.7 Å². The molecule has 0 spiro atoms. The van der Waals surface area contributed by atoms with Gasteiger partial charge >= 0.3 is 5.63 Å². The van der Waals surface area contributed by atoms with Crippen LogP contribution in [-0.4, -0.2) is 11.9 Å². The Morgan fingerprint density at radius 3 is 2.50 bits per heavy atom. The fraction of sp³-hybridized carbons (Fsp3) is 0.0714. The van der Waals surface area contributed by atoms with Gasteiger partial charge in [-0.25, -0.2) is 4.79 Å². The SMILES string of the molecule is O=c1oc2c(Cl)c(O)ccc2c2cc3c(cc12)OCO3. The highest BCUT2D eigenvalue weighted by Gasteiger charge is 2.19. The van der Waals surface area contributed by atoms with Crippen LogP contribution < -0.4 is 15.1 Å². The van der Waals surface area contributed by atoms with Crippen LogP contribution in [0, 0.1) is 0 Å². The van der Waals surface area contributed by atoms with Gasteiger partial charge in [0.2, 0.25) is 6.79 Å². The Kier molecular flexibility index (Phi) is 2.17. The van der Waals surface area contributed by atoms with Gasteiger partial charge in [-0.1, -0.05) is 11.6 Å². The van der Waals surface area contributed by atoms with Crippen LogP contribution in [0.4, 0.5) is 0 Å². The van der Waals surface area contributed by atoms with E-state index in [9.17, 15) is 9.90 Å². The molecule has 0 unspecified atom stereocenters. The molecule has 0 saturated heterocycles. The molecule has 4 rings (SSSR count). The molecule has 1 aromatic heterocycles. The fourth-order valence-electron chi connectivity index (χ4n) is 2.34. The smallest absolute Gasteiger partial charge is 0.344 e. The lowest BCUT2D eigenvalue weighted by atomic mass is 10.1. The van der Waals surface area contributed by atoms with Crippen molar-refractivity contribution in [3.05, 3.63) is 39.7 Å². The predicted octanol–water partition coefficient (Wildman–Crippen LogP) is 3.03. The van der Waals surface area contributed by atoms with Crippen LogP contribution in [0.2, 0.25) is 5.02 Å². The zero-order chi connectivity index (χ0) is 13.9. The van der Waals surface area contributed by atoms with Gasteiger partial charge in [0.15, 0.2) is 17.1 Å². The van der Waals surface area contributed by atoms with Crippen LogP contribution in [0.25, 0.3) is 21.7 Å². The summed E-state index contributed by atoms with van der Waals surface area (Å²) in [6.07, 6.45) is 0. The summed E-state index contributed by atoms with van der Waals surface area (Å²) in [7, 11) is 0. The molecule has 1 N–H and O–H groups in total.